The summed E-state index contributed by atoms with van der Waals surface area (Å²) in [5, 5.41) is 0.419. The fourth-order valence-corrected chi connectivity index (χ4v) is 2.64. The number of ether oxygens (including phenoxy) is 1. The highest BCUT2D eigenvalue weighted by atomic mass is 35.5. The Bertz CT molecular complexity index is 391. The van der Waals surface area contributed by atoms with E-state index < -0.39 is 0 Å². The van der Waals surface area contributed by atoms with Crippen molar-refractivity contribution in [2.24, 2.45) is 0 Å². The molecule has 2 heterocycles. The van der Waals surface area contributed by atoms with E-state index in [0.29, 0.717) is 10.9 Å². The molecule has 0 aliphatic carbocycles. The second-order valence-electron chi connectivity index (χ2n) is 4.39. The molecule has 1 saturated heterocycles. The van der Waals surface area contributed by atoms with Crippen molar-refractivity contribution in [2.45, 2.75) is 19.3 Å². The molecule has 17 heavy (non-hydrogen) atoms. The van der Waals surface area contributed by atoms with E-state index in [1.54, 1.807) is 7.11 Å². The summed E-state index contributed by atoms with van der Waals surface area (Å²) < 4.78 is 6.00. The van der Waals surface area contributed by atoms with Gasteiger partial charge in [0.25, 0.3) is 0 Å². The molecule has 0 saturated carbocycles. The van der Waals surface area contributed by atoms with Gasteiger partial charge in [0, 0.05) is 13.1 Å². The average molecular weight is 257 g/mol. The van der Waals surface area contributed by atoms with Crippen LogP contribution in [0.1, 0.15) is 19.3 Å². The molecule has 5 heteroatoms. The van der Waals surface area contributed by atoms with E-state index in [4.69, 9.17) is 16.3 Å². The zero-order valence-corrected chi connectivity index (χ0v) is 11.1. The molecule has 0 bridgehead atoms. The van der Waals surface area contributed by atoms with Gasteiger partial charge >= 0.3 is 0 Å². The lowest BCUT2D eigenvalue weighted by molar-refractivity contribution is 0.172. The Labute approximate surface area is 107 Å². The molecule has 1 aliphatic heterocycles. The molecule has 1 N–H and O–H groups in total. The lowest BCUT2D eigenvalue weighted by Gasteiger charge is -2.39. The largest absolute Gasteiger partial charge is 0.493 e. The van der Waals surface area contributed by atoms with Crippen LogP contribution in [0.15, 0.2) is 12.3 Å². The summed E-state index contributed by atoms with van der Waals surface area (Å²) in [5.74, 6) is 0.641. The van der Waals surface area contributed by atoms with Crippen molar-refractivity contribution in [1.29, 1.82) is 0 Å². The van der Waals surface area contributed by atoms with Crippen molar-refractivity contribution in [3.63, 3.8) is 0 Å². The topological polar surface area (TPSA) is 34.2 Å². The van der Waals surface area contributed by atoms with E-state index in [1.165, 1.54) is 19.3 Å². The lowest BCUT2D eigenvalue weighted by atomic mass is 10.1. The maximum Gasteiger partial charge on any atom is 0.174 e. The third kappa shape index (κ3) is 2.39. The molecule has 0 aromatic carbocycles. The van der Waals surface area contributed by atoms with Crippen molar-refractivity contribution in [1.82, 2.24) is 15.0 Å². The number of piperidine rings is 1. The number of rotatable bonds is 3. The standard InChI is InChI=1S/C12H19ClN3O/c1-14-16(6-4-3-5-7-16)10-8-11(17-2)12(13)15-9-10/h8-9,14H,3-7H2,1-2H3/q+1. The summed E-state index contributed by atoms with van der Waals surface area (Å²) in [4.78, 5) is 4.20. The van der Waals surface area contributed by atoms with Gasteiger partial charge in [0.05, 0.1) is 13.3 Å². The lowest BCUT2D eigenvalue weighted by Crippen LogP contribution is -2.60. The predicted molar refractivity (Wildman–Crippen MR) is 70.2 cm³/mol. The third-order valence-corrected chi connectivity index (χ3v) is 3.80. The zero-order valence-electron chi connectivity index (χ0n) is 10.4. The van der Waals surface area contributed by atoms with Crippen LogP contribution in [0.2, 0.25) is 5.15 Å². The second kappa shape index (κ2) is 5.21. The molecule has 1 aliphatic rings. The van der Waals surface area contributed by atoms with E-state index in [1.807, 2.05) is 19.3 Å². The van der Waals surface area contributed by atoms with Crippen LogP contribution in [-0.2, 0) is 0 Å². The van der Waals surface area contributed by atoms with Crippen molar-refractivity contribution >= 4 is 17.3 Å². The van der Waals surface area contributed by atoms with Gasteiger partial charge < -0.3 is 4.74 Å². The number of hydrogen-bond donors (Lipinski definition) is 1. The summed E-state index contributed by atoms with van der Waals surface area (Å²) >= 11 is 5.96. The second-order valence-corrected chi connectivity index (χ2v) is 4.74. The number of quaternary nitrogens is 1. The Morgan fingerprint density at radius 1 is 1.35 bits per heavy atom. The van der Waals surface area contributed by atoms with E-state index in [-0.39, 0.29) is 0 Å². The Balaban J connectivity index is 2.36. The number of methoxy groups -OCH3 is 1. The van der Waals surface area contributed by atoms with Gasteiger partial charge in [-0.1, -0.05) is 11.6 Å². The van der Waals surface area contributed by atoms with Crippen LogP contribution >= 0.6 is 11.6 Å². The molecular formula is C12H19ClN3O+. The van der Waals surface area contributed by atoms with Gasteiger partial charge in [-0.3, -0.25) is 0 Å². The van der Waals surface area contributed by atoms with Gasteiger partial charge in [0.1, 0.15) is 13.1 Å². The SMILES string of the molecule is CN[N+]1(c2cnc(Cl)c(OC)c2)CCCCC1. The van der Waals surface area contributed by atoms with Crippen LogP contribution in [-0.4, -0.2) is 32.2 Å². The molecule has 1 aromatic heterocycles. The van der Waals surface area contributed by atoms with Crippen molar-refractivity contribution in [3.8, 4) is 5.75 Å². The molecule has 1 fully saturated rings. The average Bonchev–Trinajstić information content (AvgIpc) is 2.40. The minimum absolute atomic E-state index is 0.419. The maximum absolute atomic E-state index is 5.96. The number of nitrogens with one attached hydrogen (secondary N) is 1. The first kappa shape index (κ1) is 12.6. The fourth-order valence-electron chi connectivity index (χ4n) is 2.46. The highest BCUT2D eigenvalue weighted by Gasteiger charge is 2.32. The minimum Gasteiger partial charge on any atom is -0.493 e. The minimum atomic E-state index is 0.419. The molecule has 4 nitrogen and oxygen atoms in total. The fraction of sp³-hybridized carbons (Fsp3) is 0.583. The zero-order chi connectivity index (χ0) is 12.3. The molecule has 2 rings (SSSR count). The summed E-state index contributed by atoms with van der Waals surface area (Å²) in [6.45, 7) is 2.17. The Hall–Kier alpha value is -0.840. The van der Waals surface area contributed by atoms with Gasteiger partial charge in [-0.25, -0.2) is 9.58 Å². The van der Waals surface area contributed by atoms with Crippen LogP contribution in [0.4, 0.5) is 5.69 Å². The summed E-state index contributed by atoms with van der Waals surface area (Å²) in [5.41, 5.74) is 4.52. The van der Waals surface area contributed by atoms with Gasteiger partial charge in [-0.2, -0.15) is 5.43 Å². The number of pyridine rings is 1. The van der Waals surface area contributed by atoms with Gasteiger partial charge in [-0.05, 0) is 19.3 Å². The van der Waals surface area contributed by atoms with E-state index in [0.717, 1.165) is 23.4 Å². The van der Waals surface area contributed by atoms with E-state index in [9.17, 15) is 0 Å². The quantitative estimate of drug-likeness (QED) is 0.666. The Morgan fingerprint density at radius 3 is 2.65 bits per heavy atom. The first-order valence-corrected chi connectivity index (χ1v) is 6.36. The van der Waals surface area contributed by atoms with Crippen LogP contribution in [0.25, 0.3) is 0 Å². The normalized spacial score (nSPS) is 19.0. The van der Waals surface area contributed by atoms with Gasteiger partial charge in [-0.15, -0.1) is 0 Å². The molecule has 0 unspecified atom stereocenters. The van der Waals surface area contributed by atoms with E-state index >= 15 is 0 Å². The molecule has 0 amide bonds. The third-order valence-electron chi connectivity index (χ3n) is 3.51. The number of nitrogens with zero attached hydrogens (tertiary/aromatic N) is 2. The van der Waals surface area contributed by atoms with Crippen LogP contribution < -0.4 is 14.8 Å². The number of halogens is 1. The molecule has 0 atom stereocenters. The van der Waals surface area contributed by atoms with Crippen LogP contribution in [0.3, 0.4) is 0 Å². The molecule has 1 aromatic rings. The monoisotopic (exact) mass is 256 g/mol. The van der Waals surface area contributed by atoms with Crippen molar-refractivity contribution in [2.75, 3.05) is 27.2 Å². The van der Waals surface area contributed by atoms with Crippen LogP contribution in [0.5, 0.6) is 5.75 Å². The Kier molecular flexibility index (Phi) is 3.86. The van der Waals surface area contributed by atoms with E-state index in [2.05, 4.69) is 10.4 Å². The molecule has 0 radical (unpaired) electrons. The first-order chi connectivity index (χ1) is 8.22. The highest BCUT2D eigenvalue weighted by Crippen LogP contribution is 2.31. The predicted octanol–water partition coefficient (Wildman–Crippen LogP) is 2.37. The van der Waals surface area contributed by atoms with Crippen molar-refractivity contribution in [3.05, 3.63) is 17.4 Å². The maximum atomic E-state index is 5.96. The smallest absolute Gasteiger partial charge is 0.174 e. The first-order valence-electron chi connectivity index (χ1n) is 5.98. The molecular weight excluding hydrogens is 238 g/mol. The van der Waals surface area contributed by atoms with Gasteiger partial charge in [0.15, 0.2) is 16.6 Å². The summed E-state index contributed by atoms with van der Waals surface area (Å²) in [6.07, 6.45) is 5.60. The summed E-state index contributed by atoms with van der Waals surface area (Å²) in [7, 11) is 3.61. The van der Waals surface area contributed by atoms with Gasteiger partial charge in [0.2, 0.25) is 0 Å². The highest BCUT2D eigenvalue weighted by molar-refractivity contribution is 6.30. The molecule has 0 spiro atoms. The number of hydrogen-bond acceptors (Lipinski definition) is 3. The number of aromatic nitrogens is 1. The van der Waals surface area contributed by atoms with Crippen molar-refractivity contribution < 1.29 is 4.74 Å². The van der Waals surface area contributed by atoms with Crippen LogP contribution in [0, 0.1) is 0 Å². The molecule has 94 valence electrons. The summed E-state index contributed by atoms with van der Waals surface area (Å²) in [6, 6.07) is 1.98. The Morgan fingerprint density at radius 2 is 2.06 bits per heavy atom.